The van der Waals surface area contributed by atoms with Crippen LogP contribution in [0.1, 0.15) is 0 Å². The average molecular weight is 278 g/mol. The lowest BCUT2D eigenvalue weighted by molar-refractivity contribution is 1.10. The van der Waals surface area contributed by atoms with Crippen LogP contribution < -0.4 is 0 Å². The summed E-state index contributed by atoms with van der Waals surface area (Å²) in [5.41, 5.74) is 3.22. The fraction of sp³-hybridized carbons (Fsp3) is 0. The summed E-state index contributed by atoms with van der Waals surface area (Å²) in [7, 11) is 0. The minimum atomic E-state index is 0.891. The van der Waals surface area contributed by atoms with Crippen molar-refractivity contribution in [3.05, 3.63) is 55.0 Å². The molecule has 20 heavy (non-hydrogen) atoms. The molecule has 4 rings (SSSR count). The number of pyridine rings is 1. The smallest absolute Gasteiger partial charge is 0.149 e. The molecular weight excluding hydrogens is 268 g/mol. The Labute approximate surface area is 119 Å². The van der Waals surface area contributed by atoms with Crippen LogP contribution in [0.5, 0.6) is 0 Å². The molecule has 0 aliphatic rings. The predicted molar refractivity (Wildman–Crippen MR) is 80.4 cm³/mol. The highest BCUT2D eigenvalue weighted by atomic mass is 32.1. The highest BCUT2D eigenvalue weighted by molar-refractivity contribution is 7.17. The molecule has 0 amide bonds. The molecule has 96 valence electrons. The van der Waals surface area contributed by atoms with E-state index in [1.165, 1.54) is 5.39 Å². The molecule has 4 aromatic rings. The highest BCUT2D eigenvalue weighted by Crippen LogP contribution is 2.30. The number of aromatic amines is 1. The lowest BCUT2D eigenvalue weighted by atomic mass is 10.2. The van der Waals surface area contributed by atoms with Crippen LogP contribution in [0.15, 0.2) is 55.0 Å². The number of benzene rings is 1. The van der Waals surface area contributed by atoms with Gasteiger partial charge in [0.05, 0.1) is 0 Å². The van der Waals surface area contributed by atoms with Gasteiger partial charge >= 0.3 is 0 Å². The van der Waals surface area contributed by atoms with Crippen molar-refractivity contribution in [1.29, 1.82) is 0 Å². The van der Waals surface area contributed by atoms with Crippen molar-refractivity contribution >= 4 is 22.2 Å². The predicted octanol–water partition coefficient (Wildman–Crippen LogP) is 3.75. The molecule has 3 heterocycles. The summed E-state index contributed by atoms with van der Waals surface area (Å²) in [5, 5.41) is 11.5. The maximum Gasteiger partial charge on any atom is 0.149 e. The summed E-state index contributed by atoms with van der Waals surface area (Å²) in [6.45, 7) is 0. The zero-order valence-electron chi connectivity index (χ0n) is 10.4. The van der Waals surface area contributed by atoms with Gasteiger partial charge in [-0.2, -0.15) is 0 Å². The van der Waals surface area contributed by atoms with Crippen LogP contribution in [0.3, 0.4) is 0 Å². The first-order chi connectivity index (χ1) is 9.90. The third kappa shape index (κ3) is 1.88. The van der Waals surface area contributed by atoms with Crippen molar-refractivity contribution in [3.63, 3.8) is 0 Å². The zero-order valence-corrected chi connectivity index (χ0v) is 11.3. The monoisotopic (exact) mass is 278 g/mol. The van der Waals surface area contributed by atoms with Crippen LogP contribution in [0, 0.1) is 0 Å². The van der Waals surface area contributed by atoms with E-state index in [9.17, 15) is 0 Å². The standard InChI is InChI=1S/C15H10N4S/c1-2-12(9-16-6-1)15-19-18-14(20-15)11-3-4-13-10(8-11)5-7-17-13/h1-9,17H. The van der Waals surface area contributed by atoms with Crippen molar-refractivity contribution in [2.45, 2.75) is 0 Å². The molecular formula is C15H10N4S. The Morgan fingerprint density at radius 2 is 1.85 bits per heavy atom. The summed E-state index contributed by atoms with van der Waals surface area (Å²) in [5.74, 6) is 0. The van der Waals surface area contributed by atoms with E-state index in [-0.39, 0.29) is 0 Å². The minimum Gasteiger partial charge on any atom is -0.361 e. The van der Waals surface area contributed by atoms with Gasteiger partial charge in [0.25, 0.3) is 0 Å². The molecule has 0 bridgehead atoms. The summed E-state index contributed by atoms with van der Waals surface area (Å²) in [6.07, 6.45) is 5.50. The van der Waals surface area contributed by atoms with Gasteiger partial charge in [0.2, 0.25) is 0 Å². The number of nitrogens with zero attached hydrogens (tertiary/aromatic N) is 3. The third-order valence-electron chi connectivity index (χ3n) is 3.13. The first-order valence-corrected chi connectivity index (χ1v) is 7.03. The molecule has 5 heteroatoms. The Morgan fingerprint density at radius 1 is 0.950 bits per heavy atom. The molecule has 0 aliphatic carbocycles. The fourth-order valence-corrected chi connectivity index (χ4v) is 2.96. The van der Waals surface area contributed by atoms with Crippen molar-refractivity contribution < 1.29 is 0 Å². The lowest BCUT2D eigenvalue weighted by Crippen LogP contribution is -1.78. The fourth-order valence-electron chi connectivity index (χ4n) is 2.13. The van der Waals surface area contributed by atoms with Gasteiger partial charge in [-0.3, -0.25) is 4.98 Å². The number of H-pyrrole nitrogens is 1. The second-order valence-electron chi connectivity index (χ2n) is 4.43. The zero-order chi connectivity index (χ0) is 13.4. The number of rotatable bonds is 2. The second kappa shape index (κ2) is 4.54. The van der Waals surface area contributed by atoms with Crippen LogP contribution in [-0.2, 0) is 0 Å². The topological polar surface area (TPSA) is 54.5 Å². The second-order valence-corrected chi connectivity index (χ2v) is 5.41. The van der Waals surface area contributed by atoms with Gasteiger partial charge in [0.15, 0.2) is 0 Å². The Bertz CT molecular complexity index is 864. The average Bonchev–Trinajstić information content (AvgIpc) is 3.16. The summed E-state index contributed by atoms with van der Waals surface area (Å²) < 4.78 is 0. The van der Waals surface area contributed by atoms with E-state index >= 15 is 0 Å². The molecule has 4 nitrogen and oxygen atoms in total. The van der Waals surface area contributed by atoms with Crippen molar-refractivity contribution in [3.8, 4) is 21.1 Å². The number of hydrogen-bond donors (Lipinski definition) is 1. The van der Waals surface area contributed by atoms with E-state index in [4.69, 9.17) is 0 Å². The van der Waals surface area contributed by atoms with Gasteiger partial charge in [-0.15, -0.1) is 10.2 Å². The number of aromatic nitrogens is 4. The Morgan fingerprint density at radius 3 is 2.70 bits per heavy atom. The van der Waals surface area contributed by atoms with Gasteiger partial charge < -0.3 is 4.98 Å². The van der Waals surface area contributed by atoms with E-state index in [0.717, 1.165) is 26.7 Å². The van der Waals surface area contributed by atoms with E-state index in [1.54, 1.807) is 23.7 Å². The minimum absolute atomic E-state index is 0.891. The van der Waals surface area contributed by atoms with Crippen molar-refractivity contribution in [2.75, 3.05) is 0 Å². The molecule has 0 fully saturated rings. The SMILES string of the molecule is c1cncc(-c2nnc(-c3ccc4[nH]ccc4c3)s2)c1. The Hall–Kier alpha value is -2.53. The van der Waals surface area contributed by atoms with Crippen molar-refractivity contribution in [1.82, 2.24) is 20.2 Å². The van der Waals surface area contributed by atoms with E-state index < -0.39 is 0 Å². The Kier molecular flexibility index (Phi) is 2.57. The molecule has 0 radical (unpaired) electrons. The molecule has 0 unspecified atom stereocenters. The first kappa shape index (κ1) is 11.3. The van der Waals surface area contributed by atoms with Crippen LogP contribution in [0.4, 0.5) is 0 Å². The number of hydrogen-bond acceptors (Lipinski definition) is 4. The van der Waals surface area contributed by atoms with E-state index in [2.05, 4.69) is 44.4 Å². The molecule has 0 aliphatic heterocycles. The number of fused-ring (bicyclic) bond motifs is 1. The highest BCUT2D eigenvalue weighted by Gasteiger charge is 2.09. The molecule has 0 saturated heterocycles. The van der Waals surface area contributed by atoms with Crippen LogP contribution in [0.2, 0.25) is 0 Å². The van der Waals surface area contributed by atoms with Gasteiger partial charge in [-0.25, -0.2) is 0 Å². The first-order valence-electron chi connectivity index (χ1n) is 6.21. The normalized spacial score (nSPS) is 11.0. The largest absolute Gasteiger partial charge is 0.361 e. The Balaban J connectivity index is 1.77. The molecule has 3 aromatic heterocycles. The van der Waals surface area contributed by atoms with E-state index in [0.29, 0.717) is 0 Å². The molecule has 1 N–H and O–H groups in total. The maximum absolute atomic E-state index is 4.28. The van der Waals surface area contributed by atoms with Gasteiger partial charge in [-0.1, -0.05) is 11.3 Å². The van der Waals surface area contributed by atoms with E-state index in [1.807, 2.05) is 18.3 Å². The third-order valence-corrected chi connectivity index (χ3v) is 4.16. The van der Waals surface area contributed by atoms with Crippen LogP contribution in [0.25, 0.3) is 32.0 Å². The molecule has 0 atom stereocenters. The maximum atomic E-state index is 4.28. The molecule has 0 saturated carbocycles. The summed E-state index contributed by atoms with van der Waals surface area (Å²) >= 11 is 1.58. The summed E-state index contributed by atoms with van der Waals surface area (Å²) in [6, 6.07) is 12.2. The van der Waals surface area contributed by atoms with Crippen molar-refractivity contribution in [2.24, 2.45) is 0 Å². The van der Waals surface area contributed by atoms with Crippen LogP contribution in [-0.4, -0.2) is 20.2 Å². The quantitative estimate of drug-likeness (QED) is 0.607. The van der Waals surface area contributed by atoms with Gasteiger partial charge in [-0.05, 0) is 36.4 Å². The molecule has 0 spiro atoms. The van der Waals surface area contributed by atoms with Gasteiger partial charge in [0.1, 0.15) is 10.0 Å². The number of nitrogens with one attached hydrogen (secondary N) is 1. The van der Waals surface area contributed by atoms with Gasteiger partial charge in [0, 0.05) is 40.6 Å². The molecule has 1 aromatic carbocycles. The van der Waals surface area contributed by atoms with Crippen LogP contribution >= 0.6 is 11.3 Å². The summed E-state index contributed by atoms with van der Waals surface area (Å²) in [4.78, 5) is 7.30. The lowest BCUT2D eigenvalue weighted by Gasteiger charge is -1.95.